The number of hydrogen-bond acceptors (Lipinski definition) is 2. The maximum absolute atomic E-state index is 6.57. The molecule has 0 heterocycles. The van der Waals surface area contributed by atoms with Crippen LogP contribution in [0.25, 0.3) is 43.4 Å². The van der Waals surface area contributed by atoms with Crippen LogP contribution in [-0.4, -0.2) is 0 Å². The minimum atomic E-state index is 0.808. The first-order chi connectivity index (χ1) is 11.7. The number of anilines is 2. The molecule has 0 bridgehead atoms. The van der Waals surface area contributed by atoms with E-state index in [0.29, 0.717) is 0 Å². The molecule has 2 heteroatoms. The van der Waals surface area contributed by atoms with Crippen molar-refractivity contribution in [2.24, 2.45) is 0 Å². The Morgan fingerprint density at radius 3 is 2.08 bits per heavy atom. The maximum atomic E-state index is 6.57. The second-order valence-corrected chi connectivity index (χ2v) is 6.28. The average molecular weight is 308 g/mol. The second kappa shape index (κ2) is 4.62. The van der Waals surface area contributed by atoms with Crippen LogP contribution in [0.3, 0.4) is 0 Å². The maximum Gasteiger partial charge on any atom is 0.0474 e. The fourth-order valence-corrected chi connectivity index (χ4v) is 3.78. The topological polar surface area (TPSA) is 52.0 Å². The fourth-order valence-electron chi connectivity index (χ4n) is 3.78. The van der Waals surface area contributed by atoms with Crippen LogP contribution in [0.1, 0.15) is 0 Å². The molecule has 2 nitrogen and oxygen atoms in total. The molecule has 114 valence electrons. The zero-order valence-electron chi connectivity index (χ0n) is 13.1. The van der Waals surface area contributed by atoms with Crippen molar-refractivity contribution in [2.45, 2.75) is 0 Å². The number of nitrogens with two attached hydrogens (primary N) is 2. The van der Waals surface area contributed by atoms with Crippen molar-refractivity contribution in [2.75, 3.05) is 11.5 Å². The van der Waals surface area contributed by atoms with Gasteiger partial charge in [-0.1, -0.05) is 60.7 Å². The van der Waals surface area contributed by atoms with E-state index in [2.05, 4.69) is 48.5 Å². The molecular formula is C22H16N2. The summed E-state index contributed by atoms with van der Waals surface area (Å²) in [6.45, 7) is 0. The van der Waals surface area contributed by atoms with Gasteiger partial charge < -0.3 is 11.5 Å². The first kappa shape index (κ1) is 13.2. The highest BCUT2D eigenvalue weighted by Gasteiger charge is 2.14. The lowest BCUT2D eigenvalue weighted by Gasteiger charge is -2.16. The third-order valence-electron chi connectivity index (χ3n) is 4.94. The van der Waals surface area contributed by atoms with Crippen molar-refractivity contribution < 1.29 is 0 Å². The van der Waals surface area contributed by atoms with Gasteiger partial charge in [0.15, 0.2) is 0 Å². The SMILES string of the molecule is Nc1ccc2ccc3c(N)c(-c4ccccc4)cc4ccc1c2c43. The predicted molar refractivity (Wildman–Crippen MR) is 104 cm³/mol. The minimum absolute atomic E-state index is 0.808. The zero-order valence-corrected chi connectivity index (χ0v) is 13.1. The minimum Gasteiger partial charge on any atom is -0.398 e. The third kappa shape index (κ3) is 1.65. The molecule has 0 aliphatic rings. The van der Waals surface area contributed by atoms with Crippen LogP contribution in [0.15, 0.2) is 72.8 Å². The van der Waals surface area contributed by atoms with Crippen molar-refractivity contribution in [3.05, 3.63) is 72.8 Å². The molecule has 0 fully saturated rings. The van der Waals surface area contributed by atoms with E-state index in [4.69, 9.17) is 11.5 Å². The van der Waals surface area contributed by atoms with Gasteiger partial charge in [-0.15, -0.1) is 0 Å². The molecule has 0 aliphatic heterocycles. The van der Waals surface area contributed by atoms with Crippen LogP contribution in [0.2, 0.25) is 0 Å². The Kier molecular flexibility index (Phi) is 2.54. The molecule has 0 saturated heterocycles. The summed E-state index contributed by atoms with van der Waals surface area (Å²) < 4.78 is 0. The molecule has 0 amide bonds. The van der Waals surface area contributed by atoms with Gasteiger partial charge in [0.2, 0.25) is 0 Å². The Morgan fingerprint density at radius 2 is 1.25 bits per heavy atom. The highest BCUT2D eigenvalue weighted by Crippen LogP contribution is 2.42. The Morgan fingerprint density at radius 1 is 0.583 bits per heavy atom. The molecular weight excluding hydrogens is 292 g/mol. The average Bonchev–Trinajstić information content (AvgIpc) is 2.63. The predicted octanol–water partition coefficient (Wildman–Crippen LogP) is 5.42. The van der Waals surface area contributed by atoms with Gasteiger partial charge in [-0.25, -0.2) is 0 Å². The molecule has 5 aromatic rings. The number of rotatable bonds is 1. The summed E-state index contributed by atoms with van der Waals surface area (Å²) in [4.78, 5) is 0. The zero-order chi connectivity index (χ0) is 16.3. The molecule has 0 atom stereocenters. The molecule has 0 aliphatic carbocycles. The van der Waals surface area contributed by atoms with E-state index in [-0.39, 0.29) is 0 Å². The van der Waals surface area contributed by atoms with Gasteiger partial charge >= 0.3 is 0 Å². The molecule has 0 saturated carbocycles. The van der Waals surface area contributed by atoms with Gasteiger partial charge in [-0.05, 0) is 39.2 Å². The van der Waals surface area contributed by atoms with E-state index >= 15 is 0 Å². The van der Waals surface area contributed by atoms with Crippen molar-refractivity contribution in [3.8, 4) is 11.1 Å². The molecule has 0 aromatic heterocycles. The summed E-state index contributed by atoms with van der Waals surface area (Å²) in [6.07, 6.45) is 0. The monoisotopic (exact) mass is 308 g/mol. The highest BCUT2D eigenvalue weighted by molar-refractivity contribution is 6.28. The quantitative estimate of drug-likeness (QED) is 0.321. The Bertz CT molecular complexity index is 1210. The largest absolute Gasteiger partial charge is 0.398 e. The number of hydrogen-bond donors (Lipinski definition) is 2. The summed E-state index contributed by atoms with van der Waals surface area (Å²) in [6, 6.07) is 25.1. The van der Waals surface area contributed by atoms with Crippen LogP contribution in [0.4, 0.5) is 11.4 Å². The fraction of sp³-hybridized carbons (Fsp3) is 0. The lowest BCUT2D eigenvalue weighted by atomic mass is 9.89. The Hall–Kier alpha value is -3.26. The lowest BCUT2D eigenvalue weighted by Crippen LogP contribution is -1.95. The Labute approximate surface area is 139 Å². The van der Waals surface area contributed by atoms with Crippen LogP contribution < -0.4 is 11.5 Å². The summed E-state index contributed by atoms with van der Waals surface area (Å²) in [5, 5.41) is 6.99. The Balaban J connectivity index is 2.00. The van der Waals surface area contributed by atoms with Crippen LogP contribution >= 0.6 is 0 Å². The first-order valence-electron chi connectivity index (χ1n) is 8.05. The van der Waals surface area contributed by atoms with Crippen molar-refractivity contribution in [3.63, 3.8) is 0 Å². The lowest BCUT2D eigenvalue weighted by molar-refractivity contribution is 1.65. The molecule has 5 rings (SSSR count). The van der Waals surface area contributed by atoms with Gasteiger partial charge in [0.1, 0.15) is 0 Å². The van der Waals surface area contributed by atoms with E-state index in [9.17, 15) is 0 Å². The standard InChI is InChI=1S/C22H16N2/c23-19-11-8-14-6-10-17-21-15(7-9-16(19)20(14)21)12-18(22(17)24)13-4-2-1-3-5-13/h1-12H,23-24H2. The molecule has 24 heavy (non-hydrogen) atoms. The van der Waals surface area contributed by atoms with Crippen LogP contribution in [0, 0.1) is 0 Å². The summed E-state index contributed by atoms with van der Waals surface area (Å²) in [7, 11) is 0. The van der Waals surface area contributed by atoms with Gasteiger partial charge in [0.05, 0.1) is 0 Å². The van der Waals surface area contributed by atoms with Crippen molar-refractivity contribution in [1.29, 1.82) is 0 Å². The van der Waals surface area contributed by atoms with E-state index in [1.54, 1.807) is 0 Å². The van der Waals surface area contributed by atoms with E-state index < -0.39 is 0 Å². The smallest absolute Gasteiger partial charge is 0.0474 e. The highest BCUT2D eigenvalue weighted by atomic mass is 14.6. The third-order valence-corrected chi connectivity index (χ3v) is 4.94. The molecule has 5 aromatic carbocycles. The van der Waals surface area contributed by atoms with Crippen molar-refractivity contribution in [1.82, 2.24) is 0 Å². The van der Waals surface area contributed by atoms with E-state index in [0.717, 1.165) is 33.3 Å². The first-order valence-corrected chi connectivity index (χ1v) is 8.05. The van der Waals surface area contributed by atoms with Gasteiger partial charge in [0.25, 0.3) is 0 Å². The summed E-state index contributed by atoms with van der Waals surface area (Å²) >= 11 is 0. The van der Waals surface area contributed by atoms with Crippen LogP contribution in [-0.2, 0) is 0 Å². The van der Waals surface area contributed by atoms with Crippen LogP contribution in [0.5, 0.6) is 0 Å². The van der Waals surface area contributed by atoms with E-state index in [1.165, 1.54) is 21.5 Å². The molecule has 0 unspecified atom stereocenters. The summed E-state index contributed by atoms with van der Waals surface area (Å²) in [5.41, 5.74) is 16.6. The summed E-state index contributed by atoms with van der Waals surface area (Å²) in [5.74, 6) is 0. The normalized spacial score (nSPS) is 11.7. The van der Waals surface area contributed by atoms with E-state index in [1.807, 2.05) is 24.3 Å². The molecule has 0 spiro atoms. The number of benzene rings is 5. The van der Waals surface area contributed by atoms with Crippen molar-refractivity contribution >= 4 is 43.7 Å². The molecule has 0 radical (unpaired) electrons. The van der Waals surface area contributed by atoms with Gasteiger partial charge in [0, 0.05) is 27.7 Å². The van der Waals surface area contributed by atoms with Gasteiger partial charge in [-0.3, -0.25) is 0 Å². The van der Waals surface area contributed by atoms with Gasteiger partial charge in [-0.2, -0.15) is 0 Å². The second-order valence-electron chi connectivity index (χ2n) is 6.28. The molecule has 4 N–H and O–H groups in total. The number of nitrogen functional groups attached to an aromatic ring is 2.